The number of nitrogens with zero attached hydrogens (tertiary/aromatic N) is 1. The number of phenolic OH excluding ortho intramolecular Hbond substituents is 1. The first-order chi connectivity index (χ1) is 11.5. The van der Waals surface area contributed by atoms with Gasteiger partial charge in [0.2, 0.25) is 0 Å². The van der Waals surface area contributed by atoms with Crippen LogP contribution in [0.15, 0.2) is 52.5 Å². The van der Waals surface area contributed by atoms with E-state index in [-0.39, 0.29) is 17.1 Å². The highest BCUT2D eigenvalue weighted by atomic mass is 79.9. The summed E-state index contributed by atoms with van der Waals surface area (Å²) in [6.07, 6.45) is 1.44. The molecule has 2 aromatic rings. The molecule has 0 saturated carbocycles. The van der Waals surface area contributed by atoms with Gasteiger partial charge in [-0.15, -0.1) is 0 Å². The number of aromatic hydroxyl groups is 1. The number of halogens is 1. The maximum atomic E-state index is 12.2. The van der Waals surface area contributed by atoms with E-state index in [0.717, 1.165) is 0 Å². The molecule has 0 aliphatic rings. The average molecular weight is 387 g/mol. The van der Waals surface area contributed by atoms with Crippen LogP contribution in [0.25, 0.3) is 6.08 Å². The number of carbonyl (C=O) groups excluding carboxylic acids is 1. The Bertz CT molecular complexity index is 811. The molecule has 0 radical (unpaired) electrons. The van der Waals surface area contributed by atoms with Crippen molar-refractivity contribution in [1.82, 2.24) is 0 Å². The zero-order chi connectivity index (χ0) is 17.5. The Morgan fingerprint density at radius 3 is 2.71 bits per heavy atom. The first-order valence-electron chi connectivity index (χ1n) is 7.18. The van der Waals surface area contributed by atoms with E-state index in [1.807, 2.05) is 12.1 Å². The number of ether oxygens (including phenoxy) is 1. The van der Waals surface area contributed by atoms with E-state index in [1.165, 1.54) is 6.08 Å². The van der Waals surface area contributed by atoms with E-state index >= 15 is 0 Å². The first-order valence-corrected chi connectivity index (χ1v) is 7.98. The van der Waals surface area contributed by atoms with Gasteiger partial charge in [0.05, 0.1) is 11.1 Å². The normalized spacial score (nSPS) is 10.8. The Morgan fingerprint density at radius 2 is 2.08 bits per heavy atom. The summed E-state index contributed by atoms with van der Waals surface area (Å²) in [7, 11) is 0. The Hall–Kier alpha value is -2.78. The monoisotopic (exact) mass is 386 g/mol. The van der Waals surface area contributed by atoms with Gasteiger partial charge in [0, 0.05) is 5.69 Å². The van der Waals surface area contributed by atoms with Gasteiger partial charge in [0.15, 0.2) is 11.5 Å². The van der Waals surface area contributed by atoms with Crippen molar-refractivity contribution in [2.45, 2.75) is 6.92 Å². The summed E-state index contributed by atoms with van der Waals surface area (Å²) in [6, 6.07) is 13.9. The molecule has 2 N–H and O–H groups in total. The number of hydrogen-bond donors (Lipinski definition) is 2. The summed E-state index contributed by atoms with van der Waals surface area (Å²) in [5.74, 6) is -0.258. The standard InChI is InChI=1S/C18H15BrN2O3/c1-2-24-16-10-12(9-15(19)17(16)22)8-13(11-20)18(23)21-14-6-4-3-5-7-14/h3-10,22H,2H2,1H3,(H,21,23). The van der Waals surface area contributed by atoms with Crippen molar-refractivity contribution in [2.24, 2.45) is 0 Å². The lowest BCUT2D eigenvalue weighted by atomic mass is 10.1. The molecule has 2 rings (SSSR count). The molecule has 0 bridgehead atoms. The van der Waals surface area contributed by atoms with E-state index in [2.05, 4.69) is 21.2 Å². The number of carbonyl (C=O) groups is 1. The van der Waals surface area contributed by atoms with Gasteiger partial charge in [-0.05, 0) is 58.8 Å². The van der Waals surface area contributed by atoms with E-state index in [9.17, 15) is 15.2 Å². The molecule has 0 atom stereocenters. The highest BCUT2D eigenvalue weighted by molar-refractivity contribution is 9.10. The molecule has 6 heteroatoms. The van der Waals surface area contributed by atoms with Crippen molar-refractivity contribution >= 4 is 33.6 Å². The predicted molar refractivity (Wildman–Crippen MR) is 95.6 cm³/mol. The maximum absolute atomic E-state index is 12.2. The van der Waals surface area contributed by atoms with Gasteiger partial charge in [-0.3, -0.25) is 4.79 Å². The highest BCUT2D eigenvalue weighted by Crippen LogP contribution is 2.36. The van der Waals surface area contributed by atoms with E-state index in [0.29, 0.717) is 22.3 Å². The van der Waals surface area contributed by atoms with Crippen LogP contribution in [0.5, 0.6) is 11.5 Å². The molecular weight excluding hydrogens is 372 g/mol. The van der Waals surface area contributed by atoms with Gasteiger partial charge in [0.25, 0.3) is 5.91 Å². The number of amides is 1. The molecule has 0 saturated heterocycles. The van der Waals surface area contributed by atoms with Crippen LogP contribution in [0.2, 0.25) is 0 Å². The number of rotatable bonds is 5. The van der Waals surface area contributed by atoms with Crippen molar-refractivity contribution in [2.75, 3.05) is 11.9 Å². The van der Waals surface area contributed by atoms with Crippen LogP contribution in [0.1, 0.15) is 12.5 Å². The summed E-state index contributed by atoms with van der Waals surface area (Å²) in [6.45, 7) is 2.18. The Labute approximate surface area is 148 Å². The number of nitrogens with one attached hydrogen (secondary N) is 1. The van der Waals surface area contributed by atoms with Gasteiger partial charge in [0.1, 0.15) is 11.6 Å². The molecule has 0 aromatic heterocycles. The fourth-order valence-electron chi connectivity index (χ4n) is 1.98. The number of nitriles is 1. The summed E-state index contributed by atoms with van der Waals surface area (Å²) in [4.78, 5) is 12.2. The third kappa shape index (κ3) is 4.37. The molecule has 0 aliphatic heterocycles. The number of hydrogen-bond acceptors (Lipinski definition) is 4. The number of anilines is 1. The Kier molecular flexibility index (Phi) is 5.99. The van der Waals surface area contributed by atoms with Gasteiger partial charge in [-0.2, -0.15) is 5.26 Å². The minimum atomic E-state index is -0.508. The number of benzene rings is 2. The van der Waals surface area contributed by atoms with Crippen molar-refractivity contribution in [3.63, 3.8) is 0 Å². The lowest BCUT2D eigenvalue weighted by molar-refractivity contribution is -0.112. The Morgan fingerprint density at radius 1 is 1.38 bits per heavy atom. The van der Waals surface area contributed by atoms with Crippen LogP contribution < -0.4 is 10.1 Å². The number of phenols is 1. The highest BCUT2D eigenvalue weighted by Gasteiger charge is 2.12. The van der Waals surface area contributed by atoms with Crippen LogP contribution in [-0.2, 0) is 4.79 Å². The molecule has 1 amide bonds. The maximum Gasteiger partial charge on any atom is 0.266 e. The fourth-order valence-corrected chi connectivity index (χ4v) is 2.44. The summed E-state index contributed by atoms with van der Waals surface area (Å²) in [5.41, 5.74) is 1.10. The topological polar surface area (TPSA) is 82.3 Å². The van der Waals surface area contributed by atoms with Crippen LogP contribution >= 0.6 is 15.9 Å². The second kappa shape index (κ2) is 8.18. The van der Waals surface area contributed by atoms with Crippen molar-refractivity contribution in [3.05, 3.63) is 58.1 Å². The molecule has 0 unspecified atom stereocenters. The Balaban J connectivity index is 2.30. The third-order valence-corrected chi connectivity index (χ3v) is 3.66. The molecule has 0 aliphatic carbocycles. The van der Waals surface area contributed by atoms with Crippen LogP contribution in [0.4, 0.5) is 5.69 Å². The zero-order valence-electron chi connectivity index (χ0n) is 12.9. The lowest BCUT2D eigenvalue weighted by Crippen LogP contribution is -2.13. The molecule has 0 fully saturated rings. The quantitative estimate of drug-likeness (QED) is 0.598. The van der Waals surface area contributed by atoms with Gasteiger partial charge in [-0.25, -0.2) is 0 Å². The molecular formula is C18H15BrN2O3. The first kappa shape index (κ1) is 17.6. The lowest BCUT2D eigenvalue weighted by Gasteiger charge is -2.09. The number of para-hydroxylation sites is 1. The zero-order valence-corrected chi connectivity index (χ0v) is 14.5. The molecule has 24 heavy (non-hydrogen) atoms. The summed E-state index contributed by atoms with van der Waals surface area (Å²) in [5, 5.41) is 21.8. The molecule has 2 aromatic carbocycles. The van der Waals surface area contributed by atoms with Crippen molar-refractivity contribution in [3.8, 4) is 17.6 Å². The van der Waals surface area contributed by atoms with Gasteiger partial charge >= 0.3 is 0 Å². The predicted octanol–water partition coefficient (Wildman–Crippen LogP) is 4.10. The molecule has 0 heterocycles. The molecule has 122 valence electrons. The van der Waals surface area contributed by atoms with E-state index in [1.54, 1.807) is 43.3 Å². The van der Waals surface area contributed by atoms with E-state index in [4.69, 9.17) is 4.74 Å². The minimum Gasteiger partial charge on any atom is -0.503 e. The van der Waals surface area contributed by atoms with Crippen molar-refractivity contribution in [1.29, 1.82) is 5.26 Å². The SMILES string of the molecule is CCOc1cc(C=C(C#N)C(=O)Nc2ccccc2)cc(Br)c1O. The molecule has 5 nitrogen and oxygen atoms in total. The smallest absolute Gasteiger partial charge is 0.266 e. The molecule has 0 spiro atoms. The van der Waals surface area contributed by atoms with Gasteiger partial charge < -0.3 is 15.2 Å². The summed E-state index contributed by atoms with van der Waals surface area (Å²) < 4.78 is 5.75. The van der Waals surface area contributed by atoms with Crippen LogP contribution in [0.3, 0.4) is 0 Å². The fraction of sp³-hybridized carbons (Fsp3) is 0.111. The second-order valence-corrected chi connectivity index (χ2v) is 5.63. The van der Waals surface area contributed by atoms with E-state index < -0.39 is 5.91 Å². The van der Waals surface area contributed by atoms with Crippen LogP contribution in [-0.4, -0.2) is 17.6 Å². The van der Waals surface area contributed by atoms with Gasteiger partial charge in [-0.1, -0.05) is 18.2 Å². The largest absolute Gasteiger partial charge is 0.503 e. The van der Waals surface area contributed by atoms with Crippen LogP contribution in [0, 0.1) is 11.3 Å². The average Bonchev–Trinajstić information content (AvgIpc) is 2.58. The summed E-state index contributed by atoms with van der Waals surface area (Å²) >= 11 is 3.23. The third-order valence-electron chi connectivity index (χ3n) is 3.06. The van der Waals surface area contributed by atoms with Crippen molar-refractivity contribution < 1.29 is 14.6 Å². The second-order valence-electron chi connectivity index (χ2n) is 4.77. The minimum absolute atomic E-state index is 0.0266.